The van der Waals surface area contributed by atoms with Crippen molar-refractivity contribution >= 4 is 43.2 Å². The van der Waals surface area contributed by atoms with Crippen molar-refractivity contribution in [1.29, 1.82) is 5.26 Å². The second-order valence-corrected chi connectivity index (χ2v) is 7.11. The standard InChI is InChI=1S/C13H9Br2NS/c14-11-3-1-9(2-4-11)10(8-16)7-12-5-6-13(15)17-12/h1-6,10H,7H2. The molecule has 1 heterocycles. The summed E-state index contributed by atoms with van der Waals surface area (Å²) in [7, 11) is 0. The van der Waals surface area contributed by atoms with Gasteiger partial charge in [-0.15, -0.1) is 11.3 Å². The van der Waals surface area contributed by atoms with Gasteiger partial charge in [-0.1, -0.05) is 28.1 Å². The van der Waals surface area contributed by atoms with E-state index in [1.165, 1.54) is 4.88 Å². The maximum absolute atomic E-state index is 9.25. The van der Waals surface area contributed by atoms with E-state index in [-0.39, 0.29) is 5.92 Å². The van der Waals surface area contributed by atoms with Gasteiger partial charge in [0, 0.05) is 15.8 Å². The molecule has 1 atom stereocenters. The highest BCUT2D eigenvalue weighted by Gasteiger charge is 2.12. The van der Waals surface area contributed by atoms with Crippen molar-refractivity contribution < 1.29 is 0 Å². The van der Waals surface area contributed by atoms with Gasteiger partial charge in [0.25, 0.3) is 0 Å². The van der Waals surface area contributed by atoms with Crippen molar-refractivity contribution in [2.75, 3.05) is 0 Å². The third kappa shape index (κ3) is 3.41. The Hall–Kier alpha value is -0.630. The summed E-state index contributed by atoms with van der Waals surface area (Å²) in [5.74, 6) is -0.0753. The molecule has 0 aliphatic rings. The Balaban J connectivity index is 2.17. The van der Waals surface area contributed by atoms with E-state index in [0.29, 0.717) is 0 Å². The smallest absolute Gasteiger partial charge is 0.0760 e. The lowest BCUT2D eigenvalue weighted by Crippen LogP contribution is -1.98. The number of nitriles is 1. The van der Waals surface area contributed by atoms with E-state index in [0.717, 1.165) is 20.2 Å². The molecule has 0 spiro atoms. The third-order valence-corrected chi connectivity index (χ3v) is 4.64. The first kappa shape index (κ1) is 12.8. The van der Waals surface area contributed by atoms with Gasteiger partial charge in [-0.25, -0.2) is 0 Å². The summed E-state index contributed by atoms with van der Waals surface area (Å²) < 4.78 is 2.15. The second-order valence-electron chi connectivity index (χ2n) is 3.64. The van der Waals surface area contributed by atoms with Crippen LogP contribution in [0, 0.1) is 11.3 Å². The van der Waals surface area contributed by atoms with Crippen LogP contribution in [0.1, 0.15) is 16.4 Å². The fourth-order valence-corrected chi connectivity index (χ4v) is 3.39. The monoisotopic (exact) mass is 369 g/mol. The highest BCUT2D eigenvalue weighted by molar-refractivity contribution is 9.11. The lowest BCUT2D eigenvalue weighted by atomic mass is 9.97. The number of hydrogen-bond donors (Lipinski definition) is 0. The summed E-state index contributed by atoms with van der Waals surface area (Å²) in [4.78, 5) is 1.23. The van der Waals surface area contributed by atoms with Crippen molar-refractivity contribution in [2.24, 2.45) is 0 Å². The molecule has 17 heavy (non-hydrogen) atoms. The van der Waals surface area contributed by atoms with Gasteiger partial charge in [0.05, 0.1) is 15.8 Å². The molecule has 0 saturated heterocycles. The van der Waals surface area contributed by atoms with E-state index in [1.807, 2.05) is 30.3 Å². The SMILES string of the molecule is N#CC(Cc1ccc(Br)s1)c1ccc(Br)cc1. The molecule has 1 aromatic carbocycles. The zero-order chi connectivity index (χ0) is 12.3. The molecule has 2 aromatic rings. The molecular weight excluding hydrogens is 362 g/mol. The molecule has 4 heteroatoms. The topological polar surface area (TPSA) is 23.8 Å². The molecule has 0 aliphatic heterocycles. The van der Waals surface area contributed by atoms with Gasteiger partial charge in [-0.3, -0.25) is 0 Å². The van der Waals surface area contributed by atoms with Crippen LogP contribution in [0.3, 0.4) is 0 Å². The number of benzene rings is 1. The van der Waals surface area contributed by atoms with Crippen LogP contribution >= 0.6 is 43.2 Å². The van der Waals surface area contributed by atoms with Gasteiger partial charge in [0.2, 0.25) is 0 Å². The zero-order valence-electron chi connectivity index (χ0n) is 8.86. The average Bonchev–Trinajstić information content (AvgIpc) is 2.73. The molecule has 1 nitrogen and oxygen atoms in total. The molecule has 1 unspecified atom stereocenters. The van der Waals surface area contributed by atoms with E-state index < -0.39 is 0 Å². The van der Waals surface area contributed by atoms with Gasteiger partial charge in [-0.05, 0) is 45.8 Å². The highest BCUT2D eigenvalue weighted by Crippen LogP contribution is 2.28. The number of hydrogen-bond acceptors (Lipinski definition) is 2. The van der Waals surface area contributed by atoms with E-state index in [1.54, 1.807) is 11.3 Å². The Bertz CT molecular complexity index is 539. The van der Waals surface area contributed by atoms with Crippen LogP contribution < -0.4 is 0 Å². The zero-order valence-corrected chi connectivity index (χ0v) is 12.8. The summed E-state index contributed by atoms with van der Waals surface area (Å²) in [6, 6.07) is 14.4. The molecule has 0 fully saturated rings. The summed E-state index contributed by atoms with van der Waals surface area (Å²) in [6.45, 7) is 0. The molecule has 1 aromatic heterocycles. The van der Waals surface area contributed by atoms with Gasteiger partial charge < -0.3 is 0 Å². The van der Waals surface area contributed by atoms with Crippen LogP contribution in [0.4, 0.5) is 0 Å². The number of rotatable bonds is 3. The van der Waals surface area contributed by atoms with Crippen molar-refractivity contribution in [1.82, 2.24) is 0 Å². The molecule has 0 aliphatic carbocycles. The fourth-order valence-electron chi connectivity index (χ4n) is 1.60. The van der Waals surface area contributed by atoms with Crippen LogP contribution in [0.5, 0.6) is 0 Å². The summed E-state index contributed by atoms with van der Waals surface area (Å²) >= 11 is 8.52. The minimum absolute atomic E-state index is 0.0753. The lowest BCUT2D eigenvalue weighted by molar-refractivity contribution is 0.862. The van der Waals surface area contributed by atoms with Crippen LogP contribution in [0.15, 0.2) is 44.7 Å². The summed E-state index contributed by atoms with van der Waals surface area (Å²) in [5, 5.41) is 9.25. The van der Waals surface area contributed by atoms with Crippen LogP contribution in [0.2, 0.25) is 0 Å². The first-order valence-corrected chi connectivity index (χ1v) is 7.48. The summed E-state index contributed by atoms with van der Waals surface area (Å²) in [6.07, 6.45) is 0.772. The van der Waals surface area contributed by atoms with Crippen molar-refractivity contribution in [3.8, 4) is 6.07 Å². The fraction of sp³-hybridized carbons (Fsp3) is 0.154. The summed E-state index contributed by atoms with van der Waals surface area (Å²) in [5.41, 5.74) is 1.07. The largest absolute Gasteiger partial charge is 0.198 e. The minimum atomic E-state index is -0.0753. The van der Waals surface area contributed by atoms with E-state index in [9.17, 15) is 5.26 Å². The van der Waals surface area contributed by atoms with E-state index in [2.05, 4.69) is 44.0 Å². The molecule has 86 valence electrons. The predicted molar refractivity (Wildman–Crippen MR) is 78.2 cm³/mol. The van der Waals surface area contributed by atoms with Crippen LogP contribution in [-0.2, 0) is 6.42 Å². The third-order valence-electron chi connectivity index (χ3n) is 2.46. The van der Waals surface area contributed by atoms with Gasteiger partial charge in [-0.2, -0.15) is 5.26 Å². The maximum atomic E-state index is 9.25. The van der Waals surface area contributed by atoms with Crippen LogP contribution in [-0.4, -0.2) is 0 Å². The lowest BCUT2D eigenvalue weighted by Gasteiger charge is -2.07. The maximum Gasteiger partial charge on any atom is 0.0760 e. The van der Waals surface area contributed by atoms with Crippen molar-refractivity contribution in [2.45, 2.75) is 12.3 Å². The Morgan fingerprint density at radius 1 is 1.12 bits per heavy atom. The molecule has 0 radical (unpaired) electrons. The first-order valence-electron chi connectivity index (χ1n) is 5.08. The molecular formula is C13H9Br2NS. The predicted octanol–water partition coefficient (Wildman–Crippen LogP) is 5.12. The first-order chi connectivity index (χ1) is 8.19. The Morgan fingerprint density at radius 2 is 1.82 bits per heavy atom. The second kappa shape index (κ2) is 5.81. The molecule has 0 bridgehead atoms. The van der Waals surface area contributed by atoms with Crippen LogP contribution in [0.25, 0.3) is 0 Å². The Kier molecular flexibility index (Phi) is 4.38. The molecule has 0 saturated carbocycles. The van der Waals surface area contributed by atoms with Gasteiger partial charge in [0.1, 0.15) is 0 Å². The molecule has 0 amide bonds. The normalized spacial score (nSPS) is 12.1. The quantitative estimate of drug-likeness (QED) is 0.735. The Morgan fingerprint density at radius 3 is 2.35 bits per heavy atom. The van der Waals surface area contributed by atoms with E-state index >= 15 is 0 Å². The highest BCUT2D eigenvalue weighted by atomic mass is 79.9. The van der Waals surface area contributed by atoms with Crippen molar-refractivity contribution in [3.05, 3.63) is 55.1 Å². The number of nitrogens with zero attached hydrogens (tertiary/aromatic N) is 1. The van der Waals surface area contributed by atoms with E-state index in [4.69, 9.17) is 0 Å². The van der Waals surface area contributed by atoms with Gasteiger partial charge >= 0.3 is 0 Å². The molecule has 0 N–H and O–H groups in total. The molecule has 2 rings (SSSR count). The number of halogens is 2. The minimum Gasteiger partial charge on any atom is -0.198 e. The average molecular weight is 371 g/mol. The number of thiophene rings is 1. The Labute approximate surface area is 121 Å². The van der Waals surface area contributed by atoms with Crippen molar-refractivity contribution in [3.63, 3.8) is 0 Å². The van der Waals surface area contributed by atoms with Gasteiger partial charge in [0.15, 0.2) is 0 Å².